The lowest BCUT2D eigenvalue weighted by Crippen LogP contribution is -2.11. The van der Waals surface area contributed by atoms with Crippen LogP contribution in [0.3, 0.4) is 0 Å². The number of halogens is 2. The number of hydrogen-bond donors (Lipinski definition) is 1. The molecule has 18 heavy (non-hydrogen) atoms. The van der Waals surface area contributed by atoms with Gasteiger partial charge in [0.2, 0.25) is 0 Å². The summed E-state index contributed by atoms with van der Waals surface area (Å²) < 4.78 is 1.86. The van der Waals surface area contributed by atoms with Crippen molar-refractivity contribution in [3.8, 4) is 0 Å². The first-order valence-corrected chi connectivity index (χ1v) is 6.50. The van der Waals surface area contributed by atoms with E-state index in [1.807, 2.05) is 36.3 Å². The summed E-state index contributed by atoms with van der Waals surface area (Å²) in [5, 5.41) is 8.67. The van der Waals surface area contributed by atoms with Crippen LogP contribution in [0.1, 0.15) is 24.1 Å². The third-order valence-corrected chi connectivity index (χ3v) is 3.81. The summed E-state index contributed by atoms with van der Waals surface area (Å²) in [6.45, 7) is 2.71. The highest BCUT2D eigenvalue weighted by Crippen LogP contribution is 2.26. The summed E-state index contributed by atoms with van der Waals surface area (Å²) in [5.41, 5.74) is 2.12. The minimum Gasteiger partial charge on any atom is -0.313 e. The van der Waals surface area contributed by atoms with Crippen molar-refractivity contribution in [1.82, 2.24) is 15.1 Å². The topological polar surface area (TPSA) is 29.9 Å². The lowest BCUT2D eigenvalue weighted by molar-refractivity contribution is 0.646. The van der Waals surface area contributed by atoms with Crippen molar-refractivity contribution in [2.45, 2.75) is 19.5 Å². The van der Waals surface area contributed by atoms with Crippen molar-refractivity contribution in [3.63, 3.8) is 0 Å². The van der Waals surface area contributed by atoms with E-state index in [2.05, 4.69) is 17.3 Å². The van der Waals surface area contributed by atoms with Gasteiger partial charge in [0, 0.05) is 17.8 Å². The summed E-state index contributed by atoms with van der Waals surface area (Å²) >= 11 is 12.1. The molecule has 1 aromatic heterocycles. The Morgan fingerprint density at radius 2 is 2.17 bits per heavy atom. The number of aromatic nitrogens is 2. The standard InChI is InChI=1S/C13H15Cl2N3/c1-9(16-2)11-6-17-18(8-11)7-10-4-3-5-12(14)13(10)15/h3-6,8-9,16H,7H2,1-2H3. The van der Waals surface area contributed by atoms with Gasteiger partial charge in [0.1, 0.15) is 0 Å². The number of nitrogens with one attached hydrogen (secondary N) is 1. The average Bonchev–Trinajstić information content (AvgIpc) is 2.82. The van der Waals surface area contributed by atoms with Gasteiger partial charge in [-0.05, 0) is 25.6 Å². The van der Waals surface area contributed by atoms with Crippen LogP contribution in [-0.2, 0) is 6.54 Å². The summed E-state index contributed by atoms with van der Waals surface area (Å²) in [4.78, 5) is 0. The first kappa shape index (κ1) is 13.4. The van der Waals surface area contributed by atoms with Crippen molar-refractivity contribution < 1.29 is 0 Å². The van der Waals surface area contributed by atoms with E-state index >= 15 is 0 Å². The maximum atomic E-state index is 6.15. The molecule has 1 atom stereocenters. The zero-order chi connectivity index (χ0) is 13.1. The van der Waals surface area contributed by atoms with Gasteiger partial charge in [0.15, 0.2) is 0 Å². The van der Waals surface area contributed by atoms with Crippen LogP contribution in [0.2, 0.25) is 10.0 Å². The Morgan fingerprint density at radius 1 is 1.39 bits per heavy atom. The monoisotopic (exact) mass is 283 g/mol. The van der Waals surface area contributed by atoms with Gasteiger partial charge in [-0.1, -0.05) is 35.3 Å². The van der Waals surface area contributed by atoms with Gasteiger partial charge in [-0.15, -0.1) is 0 Å². The number of rotatable bonds is 4. The quantitative estimate of drug-likeness (QED) is 0.931. The molecule has 1 heterocycles. The Kier molecular flexibility index (Phi) is 4.27. The van der Waals surface area contributed by atoms with Crippen LogP contribution in [0.25, 0.3) is 0 Å². The van der Waals surface area contributed by atoms with Crippen LogP contribution < -0.4 is 5.32 Å². The second-order valence-electron chi connectivity index (χ2n) is 4.19. The van der Waals surface area contributed by atoms with Crippen LogP contribution in [0, 0.1) is 0 Å². The molecule has 0 aliphatic rings. The van der Waals surface area contributed by atoms with Gasteiger partial charge in [0.05, 0.1) is 22.8 Å². The van der Waals surface area contributed by atoms with Crippen LogP contribution >= 0.6 is 23.2 Å². The van der Waals surface area contributed by atoms with Crippen molar-refractivity contribution in [3.05, 3.63) is 51.8 Å². The van der Waals surface area contributed by atoms with Crippen LogP contribution in [0.15, 0.2) is 30.6 Å². The fourth-order valence-electron chi connectivity index (χ4n) is 1.70. The second-order valence-corrected chi connectivity index (χ2v) is 4.98. The van der Waals surface area contributed by atoms with Gasteiger partial charge in [-0.25, -0.2) is 0 Å². The molecule has 5 heteroatoms. The second kappa shape index (κ2) is 5.74. The Morgan fingerprint density at radius 3 is 2.89 bits per heavy atom. The molecular formula is C13H15Cl2N3. The Bertz CT molecular complexity index is 537. The average molecular weight is 284 g/mol. The van der Waals surface area contributed by atoms with Crippen molar-refractivity contribution in [2.24, 2.45) is 0 Å². The largest absolute Gasteiger partial charge is 0.313 e. The Balaban J connectivity index is 2.19. The first-order chi connectivity index (χ1) is 8.61. The van der Waals surface area contributed by atoms with Gasteiger partial charge < -0.3 is 5.32 Å². The molecule has 0 aliphatic heterocycles. The molecule has 2 rings (SSSR count). The molecule has 96 valence electrons. The fraction of sp³-hybridized carbons (Fsp3) is 0.308. The molecular weight excluding hydrogens is 269 g/mol. The number of hydrogen-bond acceptors (Lipinski definition) is 2. The highest BCUT2D eigenvalue weighted by molar-refractivity contribution is 6.42. The lowest BCUT2D eigenvalue weighted by atomic mass is 10.2. The smallest absolute Gasteiger partial charge is 0.0674 e. The zero-order valence-electron chi connectivity index (χ0n) is 10.3. The SMILES string of the molecule is CNC(C)c1cnn(Cc2cccc(Cl)c2Cl)c1. The molecule has 1 aromatic carbocycles. The number of benzene rings is 1. The molecule has 0 saturated heterocycles. The minimum absolute atomic E-state index is 0.286. The third kappa shape index (κ3) is 2.86. The van der Waals surface area contributed by atoms with E-state index in [0.717, 1.165) is 11.1 Å². The maximum Gasteiger partial charge on any atom is 0.0674 e. The molecule has 0 aliphatic carbocycles. The van der Waals surface area contributed by atoms with E-state index in [1.165, 1.54) is 0 Å². The Hall–Kier alpha value is -1.03. The normalized spacial score (nSPS) is 12.7. The van der Waals surface area contributed by atoms with E-state index in [9.17, 15) is 0 Å². The van der Waals surface area contributed by atoms with E-state index in [-0.39, 0.29) is 6.04 Å². The molecule has 0 saturated carbocycles. The van der Waals surface area contributed by atoms with Crippen molar-refractivity contribution >= 4 is 23.2 Å². The van der Waals surface area contributed by atoms with Crippen molar-refractivity contribution in [2.75, 3.05) is 7.05 Å². The summed E-state index contributed by atoms with van der Waals surface area (Å²) in [7, 11) is 1.93. The maximum absolute atomic E-state index is 6.15. The molecule has 2 aromatic rings. The Labute approximate surface area is 117 Å². The van der Waals surface area contributed by atoms with Gasteiger partial charge in [-0.3, -0.25) is 4.68 Å². The number of nitrogens with zero attached hydrogens (tertiary/aromatic N) is 2. The molecule has 1 N–H and O–H groups in total. The molecule has 0 fully saturated rings. The van der Waals surface area contributed by atoms with Crippen LogP contribution in [0.5, 0.6) is 0 Å². The third-order valence-electron chi connectivity index (χ3n) is 2.95. The van der Waals surface area contributed by atoms with E-state index in [4.69, 9.17) is 23.2 Å². The predicted octanol–water partition coefficient (Wildman–Crippen LogP) is 3.52. The van der Waals surface area contributed by atoms with Gasteiger partial charge in [-0.2, -0.15) is 5.10 Å². The molecule has 0 spiro atoms. The summed E-state index contributed by atoms with van der Waals surface area (Å²) in [6, 6.07) is 5.92. The van der Waals surface area contributed by atoms with E-state index in [1.54, 1.807) is 6.07 Å². The van der Waals surface area contributed by atoms with Crippen LogP contribution in [0.4, 0.5) is 0 Å². The summed E-state index contributed by atoms with van der Waals surface area (Å²) in [5.74, 6) is 0. The molecule has 0 radical (unpaired) electrons. The molecule has 0 bridgehead atoms. The van der Waals surface area contributed by atoms with E-state index < -0.39 is 0 Å². The summed E-state index contributed by atoms with van der Waals surface area (Å²) in [6.07, 6.45) is 3.87. The zero-order valence-corrected chi connectivity index (χ0v) is 11.8. The highest BCUT2D eigenvalue weighted by Gasteiger charge is 2.08. The fourth-order valence-corrected chi connectivity index (χ4v) is 2.08. The predicted molar refractivity (Wildman–Crippen MR) is 75.3 cm³/mol. The molecule has 3 nitrogen and oxygen atoms in total. The molecule has 0 amide bonds. The lowest BCUT2D eigenvalue weighted by Gasteiger charge is -2.07. The first-order valence-electron chi connectivity index (χ1n) is 5.74. The van der Waals surface area contributed by atoms with E-state index in [0.29, 0.717) is 16.6 Å². The van der Waals surface area contributed by atoms with Gasteiger partial charge in [0.25, 0.3) is 0 Å². The van der Waals surface area contributed by atoms with Crippen LogP contribution in [-0.4, -0.2) is 16.8 Å². The molecule has 1 unspecified atom stereocenters. The van der Waals surface area contributed by atoms with Gasteiger partial charge >= 0.3 is 0 Å². The van der Waals surface area contributed by atoms with Crippen molar-refractivity contribution in [1.29, 1.82) is 0 Å². The highest BCUT2D eigenvalue weighted by atomic mass is 35.5. The minimum atomic E-state index is 0.286.